The van der Waals surface area contributed by atoms with Crippen molar-refractivity contribution >= 4 is 11.9 Å². The summed E-state index contributed by atoms with van der Waals surface area (Å²) >= 11 is 0. The molecule has 1 aliphatic heterocycles. The Morgan fingerprint density at radius 2 is 1.95 bits per heavy atom. The summed E-state index contributed by atoms with van der Waals surface area (Å²) in [5.74, 6) is -0.290. The molecule has 108 valence electrons. The van der Waals surface area contributed by atoms with E-state index in [9.17, 15) is 9.59 Å². The van der Waals surface area contributed by atoms with Crippen LogP contribution in [0.15, 0.2) is 30.3 Å². The first-order valence-corrected chi connectivity index (χ1v) is 6.48. The number of imide groups is 1. The lowest BCUT2D eigenvalue weighted by molar-refractivity contribution is -0.131. The van der Waals surface area contributed by atoms with E-state index in [1.54, 1.807) is 6.92 Å². The third kappa shape index (κ3) is 2.66. The van der Waals surface area contributed by atoms with Gasteiger partial charge in [-0.15, -0.1) is 0 Å². The van der Waals surface area contributed by atoms with E-state index in [2.05, 4.69) is 5.32 Å². The second kappa shape index (κ2) is 6.02. The minimum Gasteiger partial charge on any atom is -0.394 e. The maximum atomic E-state index is 12.4. The van der Waals surface area contributed by atoms with Crippen LogP contribution in [0.25, 0.3) is 0 Å². The number of aliphatic hydroxyl groups is 1. The standard InChI is InChI=1S/C14H18N2O4/c1-14(11-5-3-2-4-6-11)12(18)16(13(19)15-14)7-9-20-10-8-17/h2-6,17H,7-10H2,1H3,(H,15,19)/t14-/m0/s1. The first-order chi connectivity index (χ1) is 9.59. The lowest BCUT2D eigenvalue weighted by Crippen LogP contribution is -2.41. The third-order valence-electron chi connectivity index (χ3n) is 3.32. The zero-order chi connectivity index (χ0) is 14.6. The summed E-state index contributed by atoms with van der Waals surface area (Å²) in [5, 5.41) is 11.3. The van der Waals surface area contributed by atoms with Crippen LogP contribution in [0.3, 0.4) is 0 Å². The van der Waals surface area contributed by atoms with Gasteiger partial charge in [-0.2, -0.15) is 0 Å². The molecule has 0 unspecified atom stereocenters. The van der Waals surface area contributed by atoms with Gasteiger partial charge in [0.25, 0.3) is 5.91 Å². The van der Waals surface area contributed by atoms with Crippen molar-refractivity contribution in [1.82, 2.24) is 10.2 Å². The molecule has 2 N–H and O–H groups in total. The first kappa shape index (κ1) is 14.5. The van der Waals surface area contributed by atoms with Crippen molar-refractivity contribution in [3.8, 4) is 0 Å². The highest BCUT2D eigenvalue weighted by atomic mass is 16.5. The van der Waals surface area contributed by atoms with E-state index in [1.165, 1.54) is 0 Å². The minimum atomic E-state index is -1.03. The van der Waals surface area contributed by atoms with Crippen LogP contribution >= 0.6 is 0 Å². The zero-order valence-corrected chi connectivity index (χ0v) is 11.3. The second-order valence-electron chi connectivity index (χ2n) is 4.71. The molecule has 1 aromatic carbocycles. The summed E-state index contributed by atoms with van der Waals surface area (Å²) in [5.41, 5.74) is -0.285. The van der Waals surface area contributed by atoms with Gasteiger partial charge in [-0.1, -0.05) is 30.3 Å². The number of amides is 3. The van der Waals surface area contributed by atoms with Crippen molar-refractivity contribution in [2.24, 2.45) is 0 Å². The number of rotatable bonds is 6. The van der Waals surface area contributed by atoms with Gasteiger partial charge in [0.15, 0.2) is 0 Å². The maximum absolute atomic E-state index is 12.4. The molecule has 0 aliphatic carbocycles. The fraction of sp³-hybridized carbons (Fsp3) is 0.429. The lowest BCUT2D eigenvalue weighted by atomic mass is 9.92. The van der Waals surface area contributed by atoms with Crippen LogP contribution in [0.4, 0.5) is 4.79 Å². The Labute approximate surface area is 117 Å². The highest BCUT2D eigenvalue weighted by Crippen LogP contribution is 2.28. The molecule has 0 spiro atoms. The van der Waals surface area contributed by atoms with Gasteiger partial charge in [0.05, 0.1) is 26.4 Å². The van der Waals surface area contributed by atoms with Crippen molar-refractivity contribution < 1.29 is 19.4 Å². The molecule has 1 fully saturated rings. The summed E-state index contributed by atoms with van der Waals surface area (Å²) in [7, 11) is 0. The Kier molecular flexibility index (Phi) is 4.36. The molecule has 1 aliphatic rings. The van der Waals surface area contributed by atoms with Gasteiger partial charge < -0.3 is 15.2 Å². The highest BCUT2D eigenvalue weighted by Gasteiger charge is 2.48. The normalized spacial score (nSPS) is 22.2. The second-order valence-corrected chi connectivity index (χ2v) is 4.71. The number of carbonyl (C=O) groups is 2. The van der Waals surface area contributed by atoms with Crippen LogP contribution < -0.4 is 5.32 Å². The van der Waals surface area contributed by atoms with E-state index in [0.29, 0.717) is 0 Å². The molecular formula is C14H18N2O4. The average Bonchev–Trinajstić information content (AvgIpc) is 2.68. The summed E-state index contributed by atoms with van der Waals surface area (Å²) in [4.78, 5) is 25.5. The Bertz CT molecular complexity index is 491. The van der Waals surface area contributed by atoms with Crippen molar-refractivity contribution in [3.63, 3.8) is 0 Å². The van der Waals surface area contributed by atoms with Gasteiger partial charge in [0.1, 0.15) is 5.54 Å². The topological polar surface area (TPSA) is 78.9 Å². The molecule has 1 atom stereocenters. The Morgan fingerprint density at radius 3 is 2.60 bits per heavy atom. The molecule has 6 nitrogen and oxygen atoms in total. The minimum absolute atomic E-state index is 0.0815. The van der Waals surface area contributed by atoms with Crippen molar-refractivity contribution in [3.05, 3.63) is 35.9 Å². The van der Waals surface area contributed by atoms with E-state index in [-0.39, 0.29) is 32.3 Å². The molecule has 1 heterocycles. The van der Waals surface area contributed by atoms with Gasteiger partial charge in [0, 0.05) is 0 Å². The van der Waals surface area contributed by atoms with Gasteiger partial charge in [-0.25, -0.2) is 4.79 Å². The van der Waals surface area contributed by atoms with Crippen LogP contribution in [0.1, 0.15) is 12.5 Å². The smallest absolute Gasteiger partial charge is 0.325 e. The number of benzene rings is 1. The fourth-order valence-corrected chi connectivity index (χ4v) is 2.19. The molecule has 0 aromatic heterocycles. The van der Waals surface area contributed by atoms with Crippen LogP contribution in [0.2, 0.25) is 0 Å². The van der Waals surface area contributed by atoms with E-state index >= 15 is 0 Å². The molecule has 3 amide bonds. The van der Waals surface area contributed by atoms with Crippen molar-refractivity contribution in [2.45, 2.75) is 12.5 Å². The van der Waals surface area contributed by atoms with Crippen LogP contribution in [0, 0.1) is 0 Å². The Balaban J connectivity index is 2.08. The number of carbonyl (C=O) groups excluding carboxylic acids is 2. The molecule has 0 bridgehead atoms. The quantitative estimate of drug-likeness (QED) is 0.585. The number of hydrogen-bond donors (Lipinski definition) is 2. The lowest BCUT2D eigenvalue weighted by Gasteiger charge is -2.22. The predicted molar refractivity (Wildman–Crippen MR) is 71.9 cm³/mol. The maximum Gasteiger partial charge on any atom is 0.325 e. The molecule has 20 heavy (non-hydrogen) atoms. The summed E-state index contributed by atoms with van der Waals surface area (Å²) in [6, 6.07) is 8.71. The van der Waals surface area contributed by atoms with E-state index in [1.807, 2.05) is 30.3 Å². The highest BCUT2D eigenvalue weighted by molar-refractivity contribution is 6.07. The number of ether oxygens (including phenoxy) is 1. The molecule has 0 saturated carbocycles. The van der Waals surface area contributed by atoms with Crippen LogP contribution in [-0.2, 0) is 15.1 Å². The fourth-order valence-electron chi connectivity index (χ4n) is 2.19. The van der Waals surface area contributed by atoms with Gasteiger partial charge in [-0.05, 0) is 12.5 Å². The third-order valence-corrected chi connectivity index (χ3v) is 3.32. The van der Waals surface area contributed by atoms with Crippen LogP contribution in [-0.4, -0.2) is 48.3 Å². The number of urea groups is 1. The molecule has 6 heteroatoms. The molecule has 2 rings (SSSR count). The SMILES string of the molecule is C[C@@]1(c2ccccc2)NC(=O)N(CCOCCO)C1=O. The summed E-state index contributed by atoms with van der Waals surface area (Å²) in [6.45, 7) is 2.19. The summed E-state index contributed by atoms with van der Waals surface area (Å²) in [6.07, 6.45) is 0. The molecule has 1 saturated heterocycles. The van der Waals surface area contributed by atoms with Crippen LogP contribution in [0.5, 0.6) is 0 Å². The molecular weight excluding hydrogens is 260 g/mol. The van der Waals surface area contributed by atoms with Crippen molar-refractivity contribution in [1.29, 1.82) is 0 Å². The van der Waals surface area contributed by atoms with Gasteiger partial charge in [0.2, 0.25) is 0 Å². The predicted octanol–water partition coefficient (Wildman–Crippen LogP) is 0.462. The number of aliphatic hydroxyl groups excluding tert-OH is 1. The number of nitrogens with one attached hydrogen (secondary N) is 1. The molecule has 0 radical (unpaired) electrons. The van der Waals surface area contributed by atoms with E-state index < -0.39 is 11.6 Å². The summed E-state index contributed by atoms with van der Waals surface area (Å²) < 4.78 is 5.09. The zero-order valence-electron chi connectivity index (χ0n) is 11.3. The molecule has 1 aromatic rings. The average molecular weight is 278 g/mol. The van der Waals surface area contributed by atoms with E-state index in [4.69, 9.17) is 9.84 Å². The number of hydrogen-bond acceptors (Lipinski definition) is 4. The largest absolute Gasteiger partial charge is 0.394 e. The first-order valence-electron chi connectivity index (χ1n) is 6.48. The number of nitrogens with zero attached hydrogens (tertiary/aromatic N) is 1. The van der Waals surface area contributed by atoms with Crippen molar-refractivity contribution in [2.75, 3.05) is 26.4 Å². The Morgan fingerprint density at radius 1 is 1.25 bits per heavy atom. The van der Waals surface area contributed by atoms with Gasteiger partial charge in [-0.3, -0.25) is 9.69 Å². The Hall–Kier alpha value is -1.92. The van der Waals surface area contributed by atoms with Gasteiger partial charge >= 0.3 is 6.03 Å². The van der Waals surface area contributed by atoms with E-state index in [0.717, 1.165) is 10.5 Å². The monoisotopic (exact) mass is 278 g/mol.